The molecule has 18 heavy (non-hydrogen) atoms. The van der Waals surface area contributed by atoms with Crippen LogP contribution in [-0.4, -0.2) is 28.4 Å². The van der Waals surface area contributed by atoms with Crippen molar-refractivity contribution in [3.05, 3.63) is 28.8 Å². The molecule has 94 valence electrons. The molecule has 3 heterocycles. The lowest BCUT2D eigenvalue weighted by Gasteiger charge is -2.18. The molecule has 1 unspecified atom stereocenters. The van der Waals surface area contributed by atoms with Crippen LogP contribution < -0.4 is 0 Å². The van der Waals surface area contributed by atoms with Crippen LogP contribution >= 0.6 is 15.9 Å². The van der Waals surface area contributed by atoms with E-state index in [0.29, 0.717) is 18.4 Å². The van der Waals surface area contributed by atoms with Gasteiger partial charge in [0.1, 0.15) is 0 Å². The summed E-state index contributed by atoms with van der Waals surface area (Å²) in [5.41, 5.74) is 0.862. The number of rotatable bonds is 2. The highest BCUT2D eigenvalue weighted by Gasteiger charge is 2.22. The fraction of sp³-hybridized carbons (Fsp3) is 0.417. The Morgan fingerprint density at radius 1 is 1.33 bits per heavy atom. The summed E-state index contributed by atoms with van der Waals surface area (Å²) in [7, 11) is 0. The van der Waals surface area contributed by atoms with E-state index in [9.17, 15) is 0 Å². The SMILES string of the molecule is Brc1cnccc1-c1nnc(C2CCCOC2)o1. The minimum absolute atomic E-state index is 0.223. The van der Waals surface area contributed by atoms with Crippen molar-refractivity contribution in [2.45, 2.75) is 18.8 Å². The molecule has 2 aromatic rings. The maximum Gasteiger partial charge on any atom is 0.249 e. The molecule has 0 N–H and O–H groups in total. The summed E-state index contributed by atoms with van der Waals surface area (Å²) >= 11 is 3.42. The van der Waals surface area contributed by atoms with Crippen molar-refractivity contribution in [2.75, 3.05) is 13.2 Å². The van der Waals surface area contributed by atoms with Crippen LogP contribution in [0, 0.1) is 0 Å². The van der Waals surface area contributed by atoms with Crippen LogP contribution in [0.5, 0.6) is 0 Å². The molecule has 5 nitrogen and oxygen atoms in total. The molecule has 0 aliphatic carbocycles. The van der Waals surface area contributed by atoms with Crippen LogP contribution in [0.15, 0.2) is 27.3 Å². The van der Waals surface area contributed by atoms with Crippen molar-refractivity contribution in [3.8, 4) is 11.5 Å². The van der Waals surface area contributed by atoms with Crippen LogP contribution in [0.3, 0.4) is 0 Å². The summed E-state index contributed by atoms with van der Waals surface area (Å²) in [6, 6.07) is 1.85. The third-order valence-electron chi connectivity index (χ3n) is 2.95. The lowest BCUT2D eigenvalue weighted by molar-refractivity contribution is 0.0727. The van der Waals surface area contributed by atoms with E-state index in [1.54, 1.807) is 12.4 Å². The normalized spacial score (nSPS) is 19.9. The second-order valence-corrected chi connectivity index (χ2v) is 5.07. The maximum absolute atomic E-state index is 5.73. The van der Waals surface area contributed by atoms with Gasteiger partial charge in [-0.2, -0.15) is 0 Å². The summed E-state index contributed by atoms with van der Waals surface area (Å²) in [5, 5.41) is 8.21. The highest BCUT2D eigenvalue weighted by atomic mass is 79.9. The van der Waals surface area contributed by atoms with Gasteiger partial charge in [-0.3, -0.25) is 4.98 Å². The van der Waals surface area contributed by atoms with Crippen molar-refractivity contribution >= 4 is 15.9 Å². The highest BCUT2D eigenvalue weighted by molar-refractivity contribution is 9.10. The van der Waals surface area contributed by atoms with E-state index in [1.807, 2.05) is 6.07 Å². The fourth-order valence-corrected chi connectivity index (χ4v) is 2.41. The first-order valence-corrected chi connectivity index (χ1v) is 6.65. The first kappa shape index (κ1) is 11.8. The number of pyridine rings is 1. The molecule has 1 atom stereocenters. The molecule has 1 fully saturated rings. The van der Waals surface area contributed by atoms with Gasteiger partial charge in [0.15, 0.2) is 0 Å². The van der Waals surface area contributed by atoms with Gasteiger partial charge in [0.2, 0.25) is 11.8 Å². The van der Waals surface area contributed by atoms with Gasteiger partial charge in [-0.1, -0.05) is 0 Å². The predicted octanol–water partition coefficient (Wildman–Crippen LogP) is 2.79. The average Bonchev–Trinajstić information content (AvgIpc) is 2.90. The standard InChI is InChI=1S/C12H12BrN3O2/c13-10-6-14-4-3-9(10)12-16-15-11(18-12)8-2-1-5-17-7-8/h3-4,6,8H,1-2,5,7H2. The van der Waals surface area contributed by atoms with E-state index >= 15 is 0 Å². The van der Waals surface area contributed by atoms with Crippen molar-refractivity contribution in [1.29, 1.82) is 0 Å². The maximum atomic E-state index is 5.73. The van der Waals surface area contributed by atoms with Crippen molar-refractivity contribution in [2.24, 2.45) is 0 Å². The Morgan fingerprint density at radius 2 is 2.28 bits per heavy atom. The van der Waals surface area contributed by atoms with Crippen molar-refractivity contribution in [3.63, 3.8) is 0 Å². The zero-order valence-corrected chi connectivity index (χ0v) is 11.3. The Kier molecular flexibility index (Phi) is 3.38. The number of ether oxygens (including phenoxy) is 1. The van der Waals surface area contributed by atoms with Crippen molar-refractivity contribution < 1.29 is 9.15 Å². The molecule has 0 radical (unpaired) electrons. The molecule has 0 bridgehead atoms. The minimum Gasteiger partial charge on any atom is -0.420 e. The number of nitrogens with zero attached hydrogens (tertiary/aromatic N) is 3. The monoisotopic (exact) mass is 309 g/mol. The highest BCUT2D eigenvalue weighted by Crippen LogP contribution is 2.30. The molecule has 0 spiro atoms. The van der Waals surface area contributed by atoms with Gasteiger partial charge >= 0.3 is 0 Å². The van der Waals surface area contributed by atoms with Crippen LogP contribution in [0.2, 0.25) is 0 Å². The Morgan fingerprint density at radius 3 is 3.06 bits per heavy atom. The summed E-state index contributed by atoms with van der Waals surface area (Å²) in [5.74, 6) is 1.40. The molecule has 6 heteroatoms. The van der Waals surface area contributed by atoms with E-state index < -0.39 is 0 Å². The summed E-state index contributed by atoms with van der Waals surface area (Å²) in [4.78, 5) is 4.01. The predicted molar refractivity (Wildman–Crippen MR) is 68.0 cm³/mol. The van der Waals surface area contributed by atoms with E-state index in [2.05, 4.69) is 31.1 Å². The molecular weight excluding hydrogens is 298 g/mol. The zero-order valence-electron chi connectivity index (χ0n) is 9.67. The molecule has 0 aromatic carbocycles. The first-order valence-electron chi connectivity index (χ1n) is 5.85. The van der Waals surface area contributed by atoms with Gasteiger partial charge in [0.05, 0.1) is 18.1 Å². The molecule has 1 aliphatic heterocycles. The molecule has 2 aromatic heterocycles. The first-order chi connectivity index (χ1) is 8.84. The molecule has 3 rings (SSSR count). The Bertz CT molecular complexity index is 538. The molecule has 1 saturated heterocycles. The topological polar surface area (TPSA) is 61.0 Å². The lowest BCUT2D eigenvalue weighted by Crippen LogP contribution is -2.15. The number of hydrogen-bond acceptors (Lipinski definition) is 5. The number of hydrogen-bond donors (Lipinski definition) is 0. The number of halogens is 1. The van der Waals surface area contributed by atoms with Crippen LogP contribution in [0.4, 0.5) is 0 Å². The third-order valence-corrected chi connectivity index (χ3v) is 3.58. The van der Waals surface area contributed by atoms with Crippen LogP contribution in [-0.2, 0) is 4.74 Å². The van der Waals surface area contributed by atoms with E-state index in [1.165, 1.54) is 0 Å². The second-order valence-electron chi connectivity index (χ2n) is 4.22. The van der Waals surface area contributed by atoms with E-state index in [0.717, 1.165) is 29.5 Å². The van der Waals surface area contributed by atoms with Gasteiger partial charge in [0, 0.05) is 23.5 Å². The van der Waals surface area contributed by atoms with Gasteiger partial charge in [0.25, 0.3) is 0 Å². The fourth-order valence-electron chi connectivity index (χ4n) is 1.99. The van der Waals surface area contributed by atoms with Gasteiger partial charge in [-0.15, -0.1) is 10.2 Å². The Hall–Kier alpha value is -1.27. The molecule has 1 aliphatic rings. The number of aromatic nitrogens is 3. The van der Waals surface area contributed by atoms with Crippen LogP contribution in [0.25, 0.3) is 11.5 Å². The summed E-state index contributed by atoms with van der Waals surface area (Å²) in [6.45, 7) is 1.49. The second kappa shape index (κ2) is 5.16. The van der Waals surface area contributed by atoms with E-state index in [-0.39, 0.29) is 5.92 Å². The molecule has 0 saturated carbocycles. The van der Waals surface area contributed by atoms with Gasteiger partial charge in [-0.05, 0) is 34.8 Å². The average molecular weight is 310 g/mol. The summed E-state index contributed by atoms with van der Waals surface area (Å²) < 4.78 is 12.0. The smallest absolute Gasteiger partial charge is 0.249 e. The lowest BCUT2D eigenvalue weighted by atomic mass is 10.0. The Labute approximate surface area is 113 Å². The van der Waals surface area contributed by atoms with Crippen molar-refractivity contribution in [1.82, 2.24) is 15.2 Å². The van der Waals surface area contributed by atoms with E-state index in [4.69, 9.17) is 9.15 Å². The van der Waals surface area contributed by atoms with Gasteiger partial charge < -0.3 is 9.15 Å². The minimum atomic E-state index is 0.223. The summed E-state index contributed by atoms with van der Waals surface area (Å²) in [6.07, 6.45) is 5.50. The quantitative estimate of drug-likeness (QED) is 0.853. The largest absolute Gasteiger partial charge is 0.420 e. The van der Waals surface area contributed by atoms with Crippen LogP contribution in [0.1, 0.15) is 24.7 Å². The molecular formula is C12H12BrN3O2. The Balaban J connectivity index is 1.87. The van der Waals surface area contributed by atoms with Gasteiger partial charge in [-0.25, -0.2) is 0 Å². The zero-order chi connectivity index (χ0) is 12.4. The third kappa shape index (κ3) is 2.30. The molecule has 0 amide bonds.